The van der Waals surface area contributed by atoms with Crippen molar-refractivity contribution in [1.29, 1.82) is 0 Å². The highest BCUT2D eigenvalue weighted by Crippen LogP contribution is 2.37. The van der Waals surface area contributed by atoms with Crippen LogP contribution in [0.4, 0.5) is 0 Å². The average Bonchev–Trinajstić information content (AvgIpc) is 2.76. The molecule has 1 unspecified atom stereocenters. The summed E-state index contributed by atoms with van der Waals surface area (Å²) in [5.41, 5.74) is 0.553. The number of H-pyrrole nitrogens is 1. The Labute approximate surface area is 88.6 Å². The molecule has 0 saturated heterocycles. The minimum Gasteiger partial charge on any atom is -0.347 e. The van der Waals surface area contributed by atoms with Crippen LogP contribution >= 0.6 is 0 Å². The van der Waals surface area contributed by atoms with Crippen molar-refractivity contribution in [2.24, 2.45) is 5.41 Å². The Morgan fingerprint density at radius 3 is 3.00 bits per heavy atom. The van der Waals surface area contributed by atoms with E-state index in [-0.39, 0.29) is 17.4 Å². The summed E-state index contributed by atoms with van der Waals surface area (Å²) in [6, 6.07) is 0.252. The van der Waals surface area contributed by atoms with E-state index in [4.69, 9.17) is 0 Å². The zero-order valence-electron chi connectivity index (χ0n) is 9.08. The monoisotopic (exact) mass is 208 g/mol. The van der Waals surface area contributed by atoms with Gasteiger partial charge in [-0.1, -0.05) is 20.3 Å². The molecule has 5 nitrogen and oxygen atoms in total. The van der Waals surface area contributed by atoms with E-state index in [1.807, 2.05) is 0 Å². The van der Waals surface area contributed by atoms with Crippen LogP contribution in [-0.2, 0) is 0 Å². The summed E-state index contributed by atoms with van der Waals surface area (Å²) in [5, 5.41) is 12.8. The molecule has 1 aliphatic carbocycles. The molecule has 1 amide bonds. The van der Waals surface area contributed by atoms with Crippen molar-refractivity contribution >= 4 is 5.91 Å². The van der Waals surface area contributed by atoms with E-state index >= 15 is 0 Å². The average molecular weight is 208 g/mol. The number of hydrogen-bond donors (Lipinski definition) is 2. The highest BCUT2D eigenvalue weighted by Gasteiger charge is 2.35. The van der Waals surface area contributed by atoms with Crippen molar-refractivity contribution in [1.82, 2.24) is 20.7 Å². The Morgan fingerprint density at radius 1 is 1.67 bits per heavy atom. The molecule has 5 heteroatoms. The summed E-state index contributed by atoms with van der Waals surface area (Å²) in [7, 11) is 0. The predicted octanol–water partition coefficient (Wildman–Crippen LogP) is 1.11. The second kappa shape index (κ2) is 3.64. The molecule has 0 aromatic carbocycles. The summed E-state index contributed by atoms with van der Waals surface area (Å²) in [6.45, 7) is 4.38. The Hall–Kier alpha value is -1.39. The zero-order valence-corrected chi connectivity index (χ0v) is 9.08. The van der Waals surface area contributed by atoms with Gasteiger partial charge in [-0.25, -0.2) is 0 Å². The van der Waals surface area contributed by atoms with Crippen LogP contribution in [0, 0.1) is 5.41 Å². The first kappa shape index (κ1) is 10.1. The third-order valence-electron chi connectivity index (χ3n) is 3.21. The lowest BCUT2D eigenvalue weighted by Gasteiger charge is -2.27. The van der Waals surface area contributed by atoms with Gasteiger partial charge in [0.05, 0.1) is 6.20 Å². The number of amides is 1. The fourth-order valence-electron chi connectivity index (χ4n) is 2.14. The molecule has 15 heavy (non-hydrogen) atoms. The number of rotatable bonds is 2. The third-order valence-corrected chi connectivity index (χ3v) is 3.21. The lowest BCUT2D eigenvalue weighted by atomic mass is 9.87. The van der Waals surface area contributed by atoms with E-state index < -0.39 is 0 Å². The number of carbonyl (C=O) groups is 1. The summed E-state index contributed by atoms with van der Waals surface area (Å²) in [5.74, 6) is -0.135. The van der Waals surface area contributed by atoms with Gasteiger partial charge < -0.3 is 5.32 Å². The molecule has 0 radical (unpaired) electrons. The van der Waals surface area contributed by atoms with E-state index in [1.54, 1.807) is 0 Å². The van der Waals surface area contributed by atoms with Crippen LogP contribution in [0.5, 0.6) is 0 Å². The summed E-state index contributed by atoms with van der Waals surface area (Å²) >= 11 is 0. The molecule has 2 rings (SSSR count). The van der Waals surface area contributed by atoms with E-state index in [1.165, 1.54) is 12.6 Å². The first-order chi connectivity index (χ1) is 7.09. The molecule has 1 saturated carbocycles. The first-order valence-electron chi connectivity index (χ1n) is 5.26. The maximum Gasteiger partial charge on any atom is 0.273 e. The quantitative estimate of drug-likeness (QED) is 0.765. The fraction of sp³-hybridized carbons (Fsp3) is 0.700. The molecule has 0 bridgehead atoms. The molecule has 1 aromatic rings. The van der Waals surface area contributed by atoms with Gasteiger partial charge >= 0.3 is 0 Å². The van der Waals surface area contributed by atoms with Crippen LogP contribution in [0.15, 0.2) is 6.20 Å². The van der Waals surface area contributed by atoms with Gasteiger partial charge in [0.15, 0.2) is 5.69 Å². The predicted molar refractivity (Wildman–Crippen MR) is 55.3 cm³/mol. The lowest BCUT2D eigenvalue weighted by molar-refractivity contribution is 0.0905. The third kappa shape index (κ3) is 2.00. The number of carbonyl (C=O) groups excluding carboxylic acids is 1. The van der Waals surface area contributed by atoms with Crippen LogP contribution < -0.4 is 5.32 Å². The molecule has 1 heterocycles. The number of aromatic amines is 1. The van der Waals surface area contributed by atoms with Gasteiger partial charge in [-0.3, -0.25) is 4.79 Å². The molecule has 0 spiro atoms. The van der Waals surface area contributed by atoms with Crippen molar-refractivity contribution in [3.8, 4) is 0 Å². The number of aromatic nitrogens is 3. The zero-order chi connectivity index (χ0) is 10.9. The second-order valence-corrected chi connectivity index (χ2v) is 4.76. The van der Waals surface area contributed by atoms with Gasteiger partial charge in [0.1, 0.15) is 0 Å². The molecule has 1 atom stereocenters. The van der Waals surface area contributed by atoms with Crippen molar-refractivity contribution in [2.45, 2.75) is 39.2 Å². The van der Waals surface area contributed by atoms with Crippen LogP contribution in [0.1, 0.15) is 43.6 Å². The summed E-state index contributed by atoms with van der Waals surface area (Å²) < 4.78 is 0. The van der Waals surface area contributed by atoms with Crippen LogP contribution in [0.3, 0.4) is 0 Å². The van der Waals surface area contributed by atoms with Crippen LogP contribution in [0.25, 0.3) is 0 Å². The Bertz CT molecular complexity index is 344. The summed E-state index contributed by atoms with van der Waals surface area (Å²) in [4.78, 5) is 11.7. The van der Waals surface area contributed by atoms with Gasteiger partial charge in [0.25, 0.3) is 5.91 Å². The molecule has 82 valence electrons. The van der Waals surface area contributed by atoms with Crippen LogP contribution in [-0.4, -0.2) is 27.4 Å². The van der Waals surface area contributed by atoms with E-state index in [0.29, 0.717) is 5.69 Å². The topological polar surface area (TPSA) is 70.7 Å². The van der Waals surface area contributed by atoms with Gasteiger partial charge in [0, 0.05) is 6.04 Å². The standard InChI is InChI=1S/C10H16N4O/c1-10(2)5-3-4-8(10)12-9(15)7-6-11-14-13-7/h6,8H,3-5H2,1-2H3,(H,12,15)(H,11,13,14). The second-order valence-electron chi connectivity index (χ2n) is 4.76. The minimum atomic E-state index is -0.135. The highest BCUT2D eigenvalue weighted by molar-refractivity contribution is 5.92. The largest absolute Gasteiger partial charge is 0.347 e. The molecule has 0 aliphatic heterocycles. The highest BCUT2D eigenvalue weighted by atomic mass is 16.2. The fourth-order valence-corrected chi connectivity index (χ4v) is 2.14. The lowest BCUT2D eigenvalue weighted by Crippen LogP contribution is -2.41. The molecular weight excluding hydrogens is 192 g/mol. The van der Waals surface area contributed by atoms with E-state index in [9.17, 15) is 4.79 Å². The Kier molecular flexibility index (Phi) is 2.46. The molecule has 1 aromatic heterocycles. The number of nitrogens with one attached hydrogen (secondary N) is 2. The van der Waals surface area contributed by atoms with Gasteiger partial charge in [-0.05, 0) is 18.3 Å². The smallest absolute Gasteiger partial charge is 0.273 e. The van der Waals surface area contributed by atoms with Crippen LogP contribution in [0.2, 0.25) is 0 Å². The van der Waals surface area contributed by atoms with Crippen molar-refractivity contribution < 1.29 is 4.79 Å². The number of hydrogen-bond acceptors (Lipinski definition) is 3. The molecule has 2 N–H and O–H groups in total. The minimum absolute atomic E-state index is 0.135. The SMILES string of the molecule is CC1(C)CCCC1NC(=O)c1cn[nH]n1. The molecular formula is C10H16N4O. The van der Waals surface area contributed by atoms with Gasteiger partial charge in [0.2, 0.25) is 0 Å². The van der Waals surface area contributed by atoms with Crippen molar-refractivity contribution in [2.75, 3.05) is 0 Å². The molecule has 1 aliphatic rings. The van der Waals surface area contributed by atoms with E-state index in [2.05, 4.69) is 34.6 Å². The van der Waals surface area contributed by atoms with E-state index in [0.717, 1.165) is 12.8 Å². The molecule has 1 fully saturated rings. The number of nitrogens with zero attached hydrogens (tertiary/aromatic N) is 2. The Morgan fingerprint density at radius 2 is 2.47 bits per heavy atom. The maximum absolute atomic E-state index is 11.7. The van der Waals surface area contributed by atoms with Gasteiger partial charge in [-0.2, -0.15) is 15.4 Å². The summed E-state index contributed by atoms with van der Waals surface area (Å²) in [6.07, 6.45) is 4.83. The van der Waals surface area contributed by atoms with Crippen molar-refractivity contribution in [3.63, 3.8) is 0 Å². The van der Waals surface area contributed by atoms with Crippen molar-refractivity contribution in [3.05, 3.63) is 11.9 Å². The first-order valence-corrected chi connectivity index (χ1v) is 5.26. The normalized spacial score (nSPS) is 24.0. The maximum atomic E-state index is 11.7. The Balaban J connectivity index is 2.01. The van der Waals surface area contributed by atoms with Gasteiger partial charge in [-0.15, -0.1) is 0 Å².